The number of ether oxygens (including phenoxy) is 1. The smallest absolute Gasteiger partial charge is 0.200 e. The number of hydrogen-bond donors (Lipinski definition) is 0. The molecule has 1 atom stereocenters. The van der Waals surface area contributed by atoms with Gasteiger partial charge in [-0.3, -0.25) is 0 Å². The Morgan fingerprint density at radius 1 is 0.967 bits per heavy atom. The minimum Gasteiger partial charge on any atom is -0.491 e. The van der Waals surface area contributed by atoms with Gasteiger partial charge < -0.3 is 4.74 Å². The lowest BCUT2D eigenvalue weighted by Crippen LogP contribution is -2.22. The highest BCUT2D eigenvalue weighted by atomic mass is 19.2. The lowest BCUT2D eigenvalue weighted by Gasteiger charge is -2.34. The molecule has 1 nitrogen and oxygen atoms in total. The molecule has 0 amide bonds. The van der Waals surface area contributed by atoms with Crippen molar-refractivity contribution in [1.29, 1.82) is 0 Å². The molecule has 0 aliphatic heterocycles. The second-order valence-electron chi connectivity index (χ2n) is 9.07. The number of aryl methyl sites for hydroxylation is 1. The highest BCUT2D eigenvalue weighted by molar-refractivity contribution is 5.31. The van der Waals surface area contributed by atoms with Crippen molar-refractivity contribution in [3.63, 3.8) is 0 Å². The Balaban J connectivity index is 1.40. The molecule has 3 rings (SSSR count). The molecule has 0 spiro atoms. The van der Waals surface area contributed by atoms with Gasteiger partial charge >= 0.3 is 0 Å². The summed E-state index contributed by atoms with van der Waals surface area (Å²) in [6.07, 6.45) is 20.1. The largest absolute Gasteiger partial charge is 0.491 e. The van der Waals surface area contributed by atoms with E-state index in [2.05, 4.69) is 25.2 Å². The third-order valence-corrected chi connectivity index (χ3v) is 7.02. The zero-order valence-electron chi connectivity index (χ0n) is 18.8. The van der Waals surface area contributed by atoms with Crippen LogP contribution in [0.3, 0.4) is 0 Å². The van der Waals surface area contributed by atoms with Crippen molar-refractivity contribution in [2.45, 2.75) is 84.5 Å². The highest BCUT2D eigenvalue weighted by Crippen LogP contribution is 2.40. The molecule has 30 heavy (non-hydrogen) atoms. The predicted molar refractivity (Wildman–Crippen MR) is 121 cm³/mol. The Morgan fingerprint density at radius 2 is 1.77 bits per heavy atom. The lowest BCUT2D eigenvalue weighted by molar-refractivity contribution is 0.209. The molecule has 3 heteroatoms. The van der Waals surface area contributed by atoms with E-state index in [0.29, 0.717) is 24.5 Å². The maximum absolute atomic E-state index is 14.2. The second kappa shape index (κ2) is 11.7. The summed E-state index contributed by atoms with van der Waals surface area (Å²) in [5, 5.41) is 0. The van der Waals surface area contributed by atoms with Gasteiger partial charge in [-0.2, -0.15) is 4.39 Å². The van der Waals surface area contributed by atoms with Gasteiger partial charge in [-0.1, -0.05) is 43.2 Å². The quantitative estimate of drug-likeness (QED) is 0.369. The van der Waals surface area contributed by atoms with Gasteiger partial charge in [0.2, 0.25) is 5.82 Å². The Kier molecular flexibility index (Phi) is 8.96. The van der Waals surface area contributed by atoms with Gasteiger partial charge in [-0.05, 0) is 101 Å². The fraction of sp³-hybridized carbons (Fsp3) is 0.630. The van der Waals surface area contributed by atoms with Gasteiger partial charge in [0.05, 0.1) is 6.61 Å². The average molecular weight is 417 g/mol. The molecular weight excluding hydrogens is 378 g/mol. The molecule has 1 aromatic carbocycles. The molecule has 0 bridgehead atoms. The van der Waals surface area contributed by atoms with E-state index in [-0.39, 0.29) is 5.75 Å². The van der Waals surface area contributed by atoms with E-state index in [1.165, 1.54) is 63.9 Å². The summed E-state index contributed by atoms with van der Waals surface area (Å²) in [4.78, 5) is 0. The molecule has 0 saturated heterocycles. The lowest BCUT2D eigenvalue weighted by atomic mass is 9.71. The van der Waals surface area contributed by atoms with Crippen molar-refractivity contribution in [2.24, 2.45) is 17.8 Å². The molecule has 2 aliphatic rings. The van der Waals surface area contributed by atoms with Crippen LogP contribution < -0.4 is 4.74 Å². The molecule has 166 valence electrons. The highest BCUT2D eigenvalue weighted by Gasteiger charge is 2.27. The third kappa shape index (κ3) is 6.18. The van der Waals surface area contributed by atoms with Crippen molar-refractivity contribution >= 4 is 0 Å². The van der Waals surface area contributed by atoms with Crippen molar-refractivity contribution in [2.75, 3.05) is 6.61 Å². The van der Waals surface area contributed by atoms with Crippen molar-refractivity contribution in [1.82, 2.24) is 0 Å². The summed E-state index contributed by atoms with van der Waals surface area (Å²) >= 11 is 0. The van der Waals surface area contributed by atoms with Crippen LogP contribution in [0, 0.1) is 29.4 Å². The minimum absolute atomic E-state index is 0.00101. The van der Waals surface area contributed by atoms with Gasteiger partial charge in [-0.25, -0.2) is 4.39 Å². The van der Waals surface area contributed by atoms with Crippen LogP contribution in [0.15, 0.2) is 35.9 Å². The van der Waals surface area contributed by atoms with E-state index in [1.54, 1.807) is 18.6 Å². The van der Waals surface area contributed by atoms with E-state index in [4.69, 9.17) is 4.74 Å². The second-order valence-corrected chi connectivity index (χ2v) is 9.07. The number of rotatable bonds is 9. The van der Waals surface area contributed by atoms with Crippen LogP contribution in [-0.2, 0) is 6.42 Å². The van der Waals surface area contributed by atoms with Crippen LogP contribution in [0.2, 0.25) is 0 Å². The molecular formula is C27H38F2O. The Bertz CT molecular complexity index is 729. The molecule has 0 radical (unpaired) electrons. The summed E-state index contributed by atoms with van der Waals surface area (Å²) in [5.41, 5.74) is 2.12. The number of halogens is 2. The van der Waals surface area contributed by atoms with Gasteiger partial charge in [0.25, 0.3) is 0 Å². The summed E-state index contributed by atoms with van der Waals surface area (Å²) in [7, 11) is 0. The molecule has 0 heterocycles. The molecule has 0 N–H and O–H groups in total. The number of hydrogen-bond acceptors (Lipinski definition) is 1. The van der Waals surface area contributed by atoms with Crippen LogP contribution in [0.4, 0.5) is 8.78 Å². The molecule has 1 saturated carbocycles. The van der Waals surface area contributed by atoms with Crippen molar-refractivity contribution in [3.8, 4) is 5.75 Å². The van der Waals surface area contributed by atoms with Crippen LogP contribution in [0.1, 0.15) is 83.6 Å². The molecule has 2 aliphatic carbocycles. The van der Waals surface area contributed by atoms with Crippen LogP contribution in [-0.4, -0.2) is 6.61 Å². The molecule has 1 unspecified atom stereocenters. The first kappa shape index (κ1) is 23.0. The maximum Gasteiger partial charge on any atom is 0.200 e. The minimum atomic E-state index is -0.865. The predicted octanol–water partition coefficient (Wildman–Crippen LogP) is 8.19. The Hall–Kier alpha value is -1.64. The summed E-state index contributed by atoms with van der Waals surface area (Å²) < 4.78 is 33.3. The molecule has 1 fully saturated rings. The zero-order valence-corrected chi connectivity index (χ0v) is 18.8. The van der Waals surface area contributed by atoms with E-state index in [9.17, 15) is 8.78 Å². The van der Waals surface area contributed by atoms with Crippen molar-refractivity contribution in [3.05, 3.63) is 53.1 Å². The van der Waals surface area contributed by atoms with Gasteiger partial charge in [0, 0.05) is 0 Å². The SMILES string of the molecule is CCCC1=CCC(C2CCC(/C=C/CCc3ccc(OCC)c(F)c3F)CC2)CC1. The van der Waals surface area contributed by atoms with E-state index in [0.717, 1.165) is 18.3 Å². The first-order chi connectivity index (χ1) is 14.6. The molecule has 0 aromatic heterocycles. The zero-order chi connectivity index (χ0) is 21.3. The maximum atomic E-state index is 14.2. The third-order valence-electron chi connectivity index (χ3n) is 7.02. The van der Waals surface area contributed by atoms with Gasteiger partial charge in [0.15, 0.2) is 11.6 Å². The standard InChI is InChI=1S/C27H38F2O/c1-3-7-20-10-14-22(15-11-20)23-16-12-21(13-17-23)8-5-6-9-24-18-19-25(30-4-2)27(29)26(24)28/h5,8,10,18-19,21-23H,3-4,6-7,9,11-17H2,1-2H3/b8-5+. The monoisotopic (exact) mass is 416 g/mol. The summed E-state index contributed by atoms with van der Waals surface area (Å²) in [6, 6.07) is 3.18. The number of allylic oxidation sites excluding steroid dienone is 4. The number of benzene rings is 1. The Morgan fingerprint density at radius 3 is 2.43 bits per heavy atom. The van der Waals surface area contributed by atoms with Crippen LogP contribution in [0.5, 0.6) is 5.75 Å². The van der Waals surface area contributed by atoms with Gasteiger partial charge in [0.1, 0.15) is 0 Å². The summed E-state index contributed by atoms with van der Waals surface area (Å²) in [6.45, 7) is 4.37. The fourth-order valence-corrected chi connectivity index (χ4v) is 5.25. The summed E-state index contributed by atoms with van der Waals surface area (Å²) in [5.74, 6) is 0.816. The molecule has 1 aromatic rings. The van der Waals surface area contributed by atoms with E-state index in [1.807, 2.05) is 0 Å². The fourth-order valence-electron chi connectivity index (χ4n) is 5.25. The van der Waals surface area contributed by atoms with E-state index < -0.39 is 11.6 Å². The topological polar surface area (TPSA) is 9.23 Å². The Labute approximate surface area is 181 Å². The first-order valence-corrected chi connectivity index (χ1v) is 12.1. The van der Waals surface area contributed by atoms with Crippen LogP contribution in [0.25, 0.3) is 0 Å². The normalized spacial score (nSPS) is 24.8. The first-order valence-electron chi connectivity index (χ1n) is 12.1. The average Bonchev–Trinajstić information content (AvgIpc) is 2.77. The van der Waals surface area contributed by atoms with Crippen molar-refractivity contribution < 1.29 is 13.5 Å². The van der Waals surface area contributed by atoms with E-state index >= 15 is 0 Å². The van der Waals surface area contributed by atoms with Gasteiger partial charge in [-0.15, -0.1) is 0 Å². The van der Waals surface area contributed by atoms with Crippen LogP contribution >= 0.6 is 0 Å².